The van der Waals surface area contributed by atoms with Crippen molar-refractivity contribution in [3.8, 4) is 0 Å². The van der Waals surface area contributed by atoms with Crippen LogP contribution in [0.15, 0.2) is 40.6 Å². The third-order valence-electron chi connectivity index (χ3n) is 3.47. The highest BCUT2D eigenvalue weighted by atomic mass is 16.1. The molecule has 0 aliphatic rings. The summed E-state index contributed by atoms with van der Waals surface area (Å²) in [6.45, 7) is 5.49. The maximum Gasteiger partial charge on any atom is 0.221 e. The van der Waals surface area contributed by atoms with Crippen LogP contribution in [0.25, 0.3) is 0 Å². The highest BCUT2D eigenvalue weighted by molar-refractivity contribution is 5.92. The van der Waals surface area contributed by atoms with Gasteiger partial charge >= 0.3 is 0 Å². The number of azo groups is 1. The van der Waals surface area contributed by atoms with Crippen LogP contribution in [0.2, 0.25) is 0 Å². The molecule has 1 amide bonds. The van der Waals surface area contributed by atoms with Crippen LogP contribution in [0.1, 0.15) is 18.1 Å². The lowest BCUT2D eigenvalue weighted by Gasteiger charge is -2.15. The monoisotopic (exact) mass is 309 g/mol. The van der Waals surface area contributed by atoms with E-state index >= 15 is 0 Å². The minimum absolute atomic E-state index is 0.142. The molecule has 0 aromatic heterocycles. The van der Waals surface area contributed by atoms with Crippen LogP contribution in [-0.2, 0) is 4.79 Å². The zero-order valence-electron chi connectivity index (χ0n) is 14.1. The van der Waals surface area contributed by atoms with E-state index in [2.05, 4.69) is 21.6 Å². The van der Waals surface area contributed by atoms with Crippen LogP contribution >= 0.6 is 0 Å². The number of anilines is 2. The molecule has 23 heavy (non-hydrogen) atoms. The molecule has 5 nitrogen and oxygen atoms in total. The lowest BCUT2D eigenvalue weighted by molar-refractivity contribution is -0.114. The van der Waals surface area contributed by atoms with E-state index in [1.807, 2.05) is 57.1 Å². The van der Waals surface area contributed by atoms with E-state index < -0.39 is 0 Å². The van der Waals surface area contributed by atoms with Gasteiger partial charge < -0.3 is 10.2 Å². The van der Waals surface area contributed by atoms with E-state index in [0.29, 0.717) is 11.4 Å². The molecule has 0 aliphatic heterocycles. The predicted molar refractivity (Wildman–Crippen MR) is 94.0 cm³/mol. The summed E-state index contributed by atoms with van der Waals surface area (Å²) in [4.78, 5) is 13.4. The highest BCUT2D eigenvalue weighted by Crippen LogP contribution is 2.31. The number of benzene rings is 2. The Morgan fingerprint density at radius 3 is 2.52 bits per heavy atom. The zero-order valence-corrected chi connectivity index (χ0v) is 14.1. The molecule has 5 heteroatoms. The summed E-state index contributed by atoms with van der Waals surface area (Å²) in [5.41, 5.74) is 5.18. The first-order valence-electron chi connectivity index (χ1n) is 7.36. The van der Waals surface area contributed by atoms with E-state index in [0.717, 1.165) is 22.5 Å². The standard InChI is InChI=1S/C18H21N4O/c1-12-6-7-15(10-13(12)2)20-21-17-9-8-16(22(4)5)11-18(17)19-14(3)23/h7-11H,1-5H3,(H,19,23). The first-order valence-corrected chi connectivity index (χ1v) is 7.36. The van der Waals surface area contributed by atoms with Gasteiger partial charge in [-0.25, -0.2) is 0 Å². The molecule has 1 N–H and O–H groups in total. The van der Waals surface area contributed by atoms with Gasteiger partial charge in [-0.2, -0.15) is 5.11 Å². The topological polar surface area (TPSA) is 57.1 Å². The van der Waals surface area contributed by atoms with Crippen molar-refractivity contribution in [1.82, 2.24) is 0 Å². The molecular weight excluding hydrogens is 288 g/mol. The van der Waals surface area contributed by atoms with Crippen LogP contribution < -0.4 is 10.2 Å². The smallest absolute Gasteiger partial charge is 0.221 e. The van der Waals surface area contributed by atoms with Gasteiger partial charge in [0, 0.05) is 26.7 Å². The summed E-state index contributed by atoms with van der Waals surface area (Å²) in [5.74, 6) is -0.142. The zero-order chi connectivity index (χ0) is 17.0. The van der Waals surface area contributed by atoms with Gasteiger partial charge in [0.25, 0.3) is 0 Å². The van der Waals surface area contributed by atoms with E-state index in [4.69, 9.17) is 0 Å². The molecule has 2 rings (SSSR count). The van der Waals surface area contributed by atoms with Gasteiger partial charge in [-0.15, -0.1) is 5.11 Å². The number of carbonyl (C=O) groups is 1. The number of hydrogen-bond acceptors (Lipinski definition) is 4. The van der Waals surface area contributed by atoms with Gasteiger partial charge in [0.1, 0.15) is 5.69 Å². The molecule has 0 heterocycles. The summed E-state index contributed by atoms with van der Waals surface area (Å²) >= 11 is 0. The maximum absolute atomic E-state index is 11.4. The number of aryl methyl sites for hydroxylation is 2. The third-order valence-corrected chi connectivity index (χ3v) is 3.47. The van der Waals surface area contributed by atoms with Gasteiger partial charge in [-0.1, -0.05) is 0 Å². The van der Waals surface area contributed by atoms with Crippen molar-refractivity contribution in [3.05, 3.63) is 47.5 Å². The summed E-state index contributed by atoms with van der Waals surface area (Å²) in [6.07, 6.45) is 0. The summed E-state index contributed by atoms with van der Waals surface area (Å²) in [5, 5.41) is 11.3. The van der Waals surface area contributed by atoms with Gasteiger partial charge in [0.2, 0.25) is 5.91 Å². The molecule has 0 aliphatic carbocycles. The Labute approximate surface area is 137 Å². The second kappa shape index (κ2) is 7.05. The average molecular weight is 309 g/mol. The van der Waals surface area contributed by atoms with Crippen molar-refractivity contribution in [1.29, 1.82) is 0 Å². The Morgan fingerprint density at radius 1 is 1.17 bits per heavy atom. The number of carbonyl (C=O) groups excluding carboxylic acids is 1. The Morgan fingerprint density at radius 2 is 1.91 bits per heavy atom. The Kier molecular flexibility index (Phi) is 5.11. The molecular formula is C18H21N4O. The minimum atomic E-state index is -0.142. The van der Waals surface area contributed by atoms with Crippen molar-refractivity contribution in [2.24, 2.45) is 10.2 Å². The number of hydrogen-bond donors (Lipinski definition) is 1. The quantitative estimate of drug-likeness (QED) is 0.843. The van der Waals surface area contributed by atoms with Crippen LogP contribution in [-0.4, -0.2) is 20.0 Å². The van der Waals surface area contributed by atoms with E-state index in [9.17, 15) is 4.79 Å². The second-order valence-electron chi connectivity index (χ2n) is 5.64. The number of rotatable bonds is 4. The molecule has 0 atom stereocenters. The normalized spacial score (nSPS) is 10.8. The van der Waals surface area contributed by atoms with Crippen molar-refractivity contribution in [3.63, 3.8) is 0 Å². The van der Waals surface area contributed by atoms with Gasteiger partial charge in [-0.3, -0.25) is 4.79 Å². The molecule has 119 valence electrons. The van der Waals surface area contributed by atoms with Crippen LogP contribution in [0, 0.1) is 19.9 Å². The fourth-order valence-corrected chi connectivity index (χ4v) is 2.02. The van der Waals surface area contributed by atoms with Crippen LogP contribution in [0.4, 0.5) is 22.7 Å². The highest BCUT2D eigenvalue weighted by Gasteiger charge is 2.07. The lowest BCUT2D eigenvalue weighted by Crippen LogP contribution is -2.10. The van der Waals surface area contributed by atoms with Gasteiger partial charge in [0.05, 0.1) is 11.4 Å². The van der Waals surface area contributed by atoms with Crippen molar-refractivity contribution in [2.45, 2.75) is 20.8 Å². The molecule has 0 unspecified atom stereocenters. The molecule has 0 saturated carbocycles. The van der Waals surface area contributed by atoms with Crippen molar-refractivity contribution >= 4 is 28.7 Å². The van der Waals surface area contributed by atoms with Crippen molar-refractivity contribution < 1.29 is 4.79 Å². The van der Waals surface area contributed by atoms with Crippen LogP contribution in [0.3, 0.4) is 0 Å². The first kappa shape index (κ1) is 16.7. The van der Waals surface area contributed by atoms with E-state index in [-0.39, 0.29) is 5.91 Å². The van der Waals surface area contributed by atoms with Gasteiger partial charge in [-0.05, 0) is 61.4 Å². The third kappa shape index (κ3) is 4.39. The second-order valence-corrected chi connectivity index (χ2v) is 5.64. The van der Waals surface area contributed by atoms with Crippen LogP contribution in [0.5, 0.6) is 0 Å². The number of nitrogens with zero attached hydrogens (tertiary/aromatic N) is 3. The molecule has 2 aromatic rings. The van der Waals surface area contributed by atoms with Gasteiger partial charge in [0.15, 0.2) is 0 Å². The molecule has 0 spiro atoms. The average Bonchev–Trinajstić information content (AvgIpc) is 2.48. The maximum atomic E-state index is 11.4. The number of nitrogens with one attached hydrogen (secondary N) is 1. The van der Waals surface area contributed by atoms with E-state index in [1.54, 1.807) is 6.07 Å². The molecule has 1 radical (unpaired) electrons. The summed E-state index contributed by atoms with van der Waals surface area (Å²) in [6, 6.07) is 12.6. The fraction of sp³-hybridized carbons (Fsp3) is 0.278. The Bertz CT molecular complexity index is 751. The SMILES string of the molecule is CC(=O)Nc1cc(N(C)C)ccc1N=Nc1c[c]c(C)c(C)c1. The molecule has 0 bridgehead atoms. The molecule has 0 saturated heterocycles. The largest absolute Gasteiger partial charge is 0.378 e. The Balaban J connectivity index is 2.35. The Hall–Kier alpha value is -2.69. The number of amides is 1. The van der Waals surface area contributed by atoms with E-state index in [1.165, 1.54) is 6.92 Å². The summed E-state index contributed by atoms with van der Waals surface area (Å²) < 4.78 is 0. The van der Waals surface area contributed by atoms with Crippen molar-refractivity contribution in [2.75, 3.05) is 24.3 Å². The lowest BCUT2D eigenvalue weighted by atomic mass is 10.1. The minimum Gasteiger partial charge on any atom is -0.378 e. The predicted octanol–water partition coefficient (Wildman–Crippen LogP) is 4.54. The fourth-order valence-electron chi connectivity index (χ4n) is 2.02. The molecule has 0 fully saturated rings. The summed E-state index contributed by atoms with van der Waals surface area (Å²) in [7, 11) is 3.89. The molecule has 2 aromatic carbocycles. The first-order chi connectivity index (χ1) is 10.9.